The molecule has 7 heteroatoms. The number of nitrogens with one attached hydrogen (secondary N) is 1. The molecule has 112 valence electrons. The van der Waals surface area contributed by atoms with Gasteiger partial charge < -0.3 is 11.1 Å². The minimum atomic E-state index is -0.292. The van der Waals surface area contributed by atoms with Crippen molar-refractivity contribution in [1.29, 1.82) is 0 Å². The van der Waals surface area contributed by atoms with Crippen LogP contribution in [-0.4, -0.2) is 27.6 Å². The molecular formula is C14H18N4OS2. The second kappa shape index (κ2) is 7.99. The summed E-state index contributed by atoms with van der Waals surface area (Å²) in [4.78, 5) is 12.1. The molecule has 21 heavy (non-hydrogen) atoms. The molecule has 0 aliphatic carbocycles. The SMILES string of the molecule is CCSCCC(=O)NC(c1ccccc1)c1nnc(N)s1. The van der Waals surface area contributed by atoms with Crippen LogP contribution in [-0.2, 0) is 4.79 Å². The Morgan fingerprint density at radius 1 is 1.38 bits per heavy atom. The average molecular weight is 322 g/mol. The van der Waals surface area contributed by atoms with Crippen molar-refractivity contribution in [3.8, 4) is 0 Å². The van der Waals surface area contributed by atoms with E-state index in [9.17, 15) is 4.79 Å². The molecule has 3 N–H and O–H groups in total. The molecule has 0 fully saturated rings. The summed E-state index contributed by atoms with van der Waals surface area (Å²) < 4.78 is 0. The summed E-state index contributed by atoms with van der Waals surface area (Å²) in [6, 6.07) is 9.44. The van der Waals surface area contributed by atoms with Gasteiger partial charge in [-0.05, 0) is 11.3 Å². The molecule has 2 rings (SSSR count). The van der Waals surface area contributed by atoms with Crippen molar-refractivity contribution < 1.29 is 4.79 Å². The predicted octanol–water partition coefficient (Wildman–Crippen LogP) is 2.47. The maximum atomic E-state index is 12.1. The molecule has 5 nitrogen and oxygen atoms in total. The minimum Gasteiger partial charge on any atom is -0.374 e. The fraction of sp³-hybridized carbons (Fsp3) is 0.357. The highest BCUT2D eigenvalue weighted by atomic mass is 32.2. The Bertz CT molecular complexity index is 573. The van der Waals surface area contributed by atoms with Crippen LogP contribution in [0.3, 0.4) is 0 Å². The Kier molecular flexibility index (Phi) is 6.01. The van der Waals surface area contributed by atoms with E-state index in [1.54, 1.807) is 11.8 Å². The summed E-state index contributed by atoms with van der Waals surface area (Å²) in [6.07, 6.45) is 0.496. The Balaban J connectivity index is 2.11. The molecule has 2 aromatic rings. The van der Waals surface area contributed by atoms with E-state index in [0.29, 0.717) is 16.6 Å². The smallest absolute Gasteiger partial charge is 0.221 e. The van der Waals surface area contributed by atoms with Crippen LogP contribution in [0.1, 0.15) is 30.0 Å². The van der Waals surface area contributed by atoms with Gasteiger partial charge in [-0.15, -0.1) is 10.2 Å². The summed E-state index contributed by atoms with van der Waals surface area (Å²) in [5.74, 6) is 1.85. The molecule has 1 aromatic heterocycles. The number of carbonyl (C=O) groups is 1. The molecule has 0 aliphatic heterocycles. The number of aromatic nitrogens is 2. The molecule has 0 spiro atoms. The molecule has 0 bridgehead atoms. The maximum absolute atomic E-state index is 12.1. The summed E-state index contributed by atoms with van der Waals surface area (Å²) in [6.45, 7) is 2.08. The lowest BCUT2D eigenvalue weighted by atomic mass is 10.1. The zero-order chi connectivity index (χ0) is 15.1. The van der Waals surface area contributed by atoms with Gasteiger partial charge in [0, 0.05) is 12.2 Å². The number of nitrogen functional groups attached to an aromatic ring is 1. The van der Waals surface area contributed by atoms with Crippen LogP contribution in [0.25, 0.3) is 0 Å². The van der Waals surface area contributed by atoms with E-state index in [1.807, 2.05) is 30.3 Å². The summed E-state index contributed by atoms with van der Waals surface area (Å²) in [5.41, 5.74) is 6.63. The van der Waals surface area contributed by atoms with Crippen molar-refractivity contribution in [3.05, 3.63) is 40.9 Å². The monoisotopic (exact) mass is 322 g/mol. The first-order valence-corrected chi connectivity index (χ1v) is 8.68. The highest BCUT2D eigenvalue weighted by molar-refractivity contribution is 7.99. The molecule has 1 heterocycles. The first kappa shape index (κ1) is 15.8. The normalized spacial score (nSPS) is 12.0. The largest absolute Gasteiger partial charge is 0.374 e. The van der Waals surface area contributed by atoms with Gasteiger partial charge in [0.2, 0.25) is 11.0 Å². The second-order valence-corrected chi connectivity index (χ2v) is 6.77. The lowest BCUT2D eigenvalue weighted by molar-refractivity contribution is -0.121. The quantitative estimate of drug-likeness (QED) is 0.765. The topological polar surface area (TPSA) is 80.9 Å². The highest BCUT2D eigenvalue weighted by Gasteiger charge is 2.20. The molecule has 1 aromatic carbocycles. The third kappa shape index (κ3) is 4.71. The van der Waals surface area contributed by atoms with E-state index in [0.717, 1.165) is 17.1 Å². The lowest BCUT2D eigenvalue weighted by Crippen LogP contribution is -2.29. The van der Waals surface area contributed by atoms with Crippen LogP contribution in [0.2, 0.25) is 0 Å². The van der Waals surface area contributed by atoms with Crippen molar-refractivity contribution in [1.82, 2.24) is 15.5 Å². The molecule has 0 radical (unpaired) electrons. The predicted molar refractivity (Wildman–Crippen MR) is 88.4 cm³/mol. The van der Waals surface area contributed by atoms with Crippen molar-refractivity contribution in [2.24, 2.45) is 0 Å². The van der Waals surface area contributed by atoms with Crippen molar-refractivity contribution in [2.75, 3.05) is 17.2 Å². The number of amides is 1. The standard InChI is InChI=1S/C14H18N4OS2/c1-2-20-9-8-11(19)16-12(10-6-4-3-5-7-10)13-17-18-14(15)21-13/h3-7,12H,2,8-9H2,1H3,(H2,15,18)(H,16,19). The fourth-order valence-electron chi connectivity index (χ4n) is 1.84. The summed E-state index contributed by atoms with van der Waals surface area (Å²) in [7, 11) is 0. The van der Waals surface area contributed by atoms with Crippen LogP contribution >= 0.6 is 23.1 Å². The number of thioether (sulfide) groups is 1. The third-order valence-electron chi connectivity index (χ3n) is 2.82. The van der Waals surface area contributed by atoms with E-state index >= 15 is 0 Å². The van der Waals surface area contributed by atoms with Crippen LogP contribution in [0, 0.1) is 0 Å². The van der Waals surface area contributed by atoms with Gasteiger partial charge in [-0.3, -0.25) is 4.79 Å². The second-order valence-electron chi connectivity index (χ2n) is 4.34. The zero-order valence-corrected chi connectivity index (χ0v) is 13.4. The van der Waals surface area contributed by atoms with Crippen molar-refractivity contribution in [2.45, 2.75) is 19.4 Å². The zero-order valence-electron chi connectivity index (χ0n) is 11.8. The first-order valence-electron chi connectivity index (χ1n) is 6.71. The number of rotatable bonds is 7. The van der Waals surface area contributed by atoms with E-state index in [2.05, 4.69) is 22.4 Å². The van der Waals surface area contributed by atoms with Gasteiger partial charge in [-0.2, -0.15) is 11.8 Å². The van der Waals surface area contributed by atoms with Gasteiger partial charge in [-0.1, -0.05) is 48.6 Å². The molecule has 0 saturated heterocycles. The summed E-state index contributed by atoms with van der Waals surface area (Å²) >= 11 is 3.05. The first-order chi connectivity index (χ1) is 10.2. The Labute approximate surface area is 132 Å². The van der Waals surface area contributed by atoms with Gasteiger partial charge in [0.1, 0.15) is 11.0 Å². The van der Waals surface area contributed by atoms with E-state index in [4.69, 9.17) is 5.73 Å². The van der Waals surface area contributed by atoms with Crippen LogP contribution < -0.4 is 11.1 Å². The van der Waals surface area contributed by atoms with Gasteiger partial charge in [-0.25, -0.2) is 0 Å². The number of nitrogens with two attached hydrogens (primary N) is 1. The third-order valence-corrected chi connectivity index (χ3v) is 4.54. The number of hydrogen-bond donors (Lipinski definition) is 2. The molecular weight excluding hydrogens is 304 g/mol. The Hall–Kier alpha value is -1.60. The van der Waals surface area contributed by atoms with Gasteiger partial charge in [0.25, 0.3) is 0 Å². The molecule has 1 unspecified atom stereocenters. The number of benzene rings is 1. The van der Waals surface area contributed by atoms with Crippen molar-refractivity contribution in [3.63, 3.8) is 0 Å². The van der Waals surface area contributed by atoms with Gasteiger partial charge in [0.05, 0.1) is 0 Å². The highest BCUT2D eigenvalue weighted by Crippen LogP contribution is 2.25. The van der Waals surface area contributed by atoms with Crippen LogP contribution in [0.4, 0.5) is 5.13 Å². The van der Waals surface area contributed by atoms with Gasteiger partial charge >= 0.3 is 0 Å². The summed E-state index contributed by atoms with van der Waals surface area (Å²) in [5, 5.41) is 12.0. The number of anilines is 1. The van der Waals surface area contributed by atoms with E-state index < -0.39 is 0 Å². The van der Waals surface area contributed by atoms with E-state index in [1.165, 1.54) is 11.3 Å². The molecule has 1 amide bonds. The average Bonchev–Trinajstić information content (AvgIpc) is 2.92. The fourth-order valence-corrected chi connectivity index (χ4v) is 3.15. The Morgan fingerprint density at radius 2 is 2.14 bits per heavy atom. The number of nitrogens with zero attached hydrogens (tertiary/aromatic N) is 2. The minimum absolute atomic E-state index is 0.0126. The molecule has 0 saturated carbocycles. The van der Waals surface area contributed by atoms with Crippen LogP contribution in [0.15, 0.2) is 30.3 Å². The molecule has 1 atom stereocenters. The lowest BCUT2D eigenvalue weighted by Gasteiger charge is -2.16. The van der Waals surface area contributed by atoms with E-state index in [-0.39, 0.29) is 11.9 Å². The van der Waals surface area contributed by atoms with Crippen LogP contribution in [0.5, 0.6) is 0 Å². The maximum Gasteiger partial charge on any atom is 0.221 e. The molecule has 0 aliphatic rings. The van der Waals surface area contributed by atoms with Crippen molar-refractivity contribution >= 4 is 34.1 Å². The number of carbonyl (C=O) groups excluding carboxylic acids is 1. The van der Waals surface area contributed by atoms with Gasteiger partial charge in [0.15, 0.2) is 0 Å². The Morgan fingerprint density at radius 3 is 2.76 bits per heavy atom. The number of hydrogen-bond acceptors (Lipinski definition) is 6.